The zero-order valence-corrected chi connectivity index (χ0v) is 18.6. The SMILES string of the molecule is COc1ccc(OC)c2c1[C@@H]1C3=C(C(=O)C(c4ccc(C=O)cc4)=CC3=O)[C@H]2c2ccccc21. The highest BCUT2D eigenvalue weighted by Crippen LogP contribution is 2.61. The summed E-state index contributed by atoms with van der Waals surface area (Å²) in [6, 6.07) is 18.4. The summed E-state index contributed by atoms with van der Waals surface area (Å²) in [4.78, 5) is 38.7. The van der Waals surface area contributed by atoms with Crippen molar-refractivity contribution in [3.8, 4) is 11.5 Å². The number of allylic oxidation sites excluding steroid dienone is 4. The number of methoxy groups -OCH3 is 2. The molecule has 0 amide bonds. The van der Waals surface area contributed by atoms with Crippen molar-refractivity contribution in [2.75, 3.05) is 14.2 Å². The maximum absolute atomic E-state index is 14.0. The second kappa shape index (κ2) is 7.39. The highest BCUT2D eigenvalue weighted by Gasteiger charge is 2.51. The van der Waals surface area contributed by atoms with Crippen LogP contribution in [-0.4, -0.2) is 32.1 Å². The van der Waals surface area contributed by atoms with Gasteiger partial charge in [-0.3, -0.25) is 14.4 Å². The van der Waals surface area contributed by atoms with E-state index in [4.69, 9.17) is 9.47 Å². The zero-order valence-electron chi connectivity index (χ0n) is 18.6. The number of carbonyl (C=O) groups excluding carboxylic acids is 3. The number of rotatable bonds is 4. The lowest BCUT2D eigenvalue weighted by Crippen LogP contribution is -2.36. The van der Waals surface area contributed by atoms with E-state index in [2.05, 4.69) is 0 Å². The van der Waals surface area contributed by atoms with E-state index in [-0.39, 0.29) is 11.6 Å². The van der Waals surface area contributed by atoms with Gasteiger partial charge in [0.25, 0.3) is 0 Å². The quantitative estimate of drug-likeness (QED) is 0.430. The molecule has 0 unspecified atom stereocenters. The normalized spacial score (nSPS) is 19.8. The molecule has 7 rings (SSSR count). The Balaban J connectivity index is 1.61. The molecular formula is C29H20O5. The number of ketones is 2. The average molecular weight is 448 g/mol. The topological polar surface area (TPSA) is 69.7 Å². The summed E-state index contributed by atoms with van der Waals surface area (Å²) < 4.78 is 11.5. The van der Waals surface area contributed by atoms with Gasteiger partial charge in [-0.25, -0.2) is 0 Å². The van der Waals surface area contributed by atoms with E-state index in [9.17, 15) is 14.4 Å². The summed E-state index contributed by atoms with van der Waals surface area (Å²) in [5.41, 5.74) is 6.27. The molecule has 4 aliphatic carbocycles. The molecule has 2 bridgehead atoms. The lowest BCUT2D eigenvalue weighted by molar-refractivity contribution is -0.115. The molecule has 4 aliphatic rings. The third kappa shape index (κ3) is 2.58. The Morgan fingerprint density at radius 3 is 1.82 bits per heavy atom. The Labute approximate surface area is 196 Å². The summed E-state index contributed by atoms with van der Waals surface area (Å²) >= 11 is 0. The number of Topliss-reactive ketones (excluding diaryl/α,β-unsaturated/α-hetero) is 1. The van der Waals surface area contributed by atoms with Gasteiger partial charge in [-0.15, -0.1) is 0 Å². The summed E-state index contributed by atoms with van der Waals surface area (Å²) in [7, 11) is 3.22. The maximum Gasteiger partial charge on any atom is 0.191 e. The molecule has 0 aromatic heterocycles. The van der Waals surface area contributed by atoms with Gasteiger partial charge in [-0.2, -0.15) is 0 Å². The lowest BCUT2D eigenvalue weighted by Gasteiger charge is -2.44. The van der Waals surface area contributed by atoms with Gasteiger partial charge in [0.1, 0.15) is 17.8 Å². The molecule has 0 fully saturated rings. The van der Waals surface area contributed by atoms with E-state index in [1.54, 1.807) is 38.5 Å². The van der Waals surface area contributed by atoms with Gasteiger partial charge in [0.2, 0.25) is 0 Å². The van der Waals surface area contributed by atoms with Crippen molar-refractivity contribution in [1.29, 1.82) is 0 Å². The molecule has 0 saturated carbocycles. The number of carbonyl (C=O) groups is 3. The minimum absolute atomic E-state index is 0.173. The molecule has 0 N–H and O–H groups in total. The van der Waals surface area contributed by atoms with Crippen LogP contribution in [0.25, 0.3) is 5.57 Å². The molecule has 5 nitrogen and oxygen atoms in total. The molecule has 0 heterocycles. The monoisotopic (exact) mass is 448 g/mol. The number of hydrogen-bond donors (Lipinski definition) is 0. The van der Waals surface area contributed by atoms with Crippen molar-refractivity contribution >= 4 is 23.4 Å². The highest BCUT2D eigenvalue weighted by molar-refractivity contribution is 6.39. The van der Waals surface area contributed by atoms with Crippen LogP contribution in [0.15, 0.2) is 77.9 Å². The largest absolute Gasteiger partial charge is 0.496 e. The van der Waals surface area contributed by atoms with E-state index in [1.165, 1.54) is 6.08 Å². The summed E-state index contributed by atoms with van der Waals surface area (Å²) in [5, 5.41) is 0. The third-order valence-corrected chi connectivity index (χ3v) is 7.10. The van der Waals surface area contributed by atoms with Crippen LogP contribution in [0.2, 0.25) is 0 Å². The summed E-state index contributed by atoms with van der Waals surface area (Å²) in [5.74, 6) is 0.135. The first-order valence-electron chi connectivity index (χ1n) is 11.0. The molecular weight excluding hydrogens is 428 g/mol. The van der Waals surface area contributed by atoms with Gasteiger partial charge in [0.05, 0.1) is 14.2 Å². The average Bonchev–Trinajstić information content (AvgIpc) is 2.89. The van der Waals surface area contributed by atoms with E-state index in [1.807, 2.05) is 36.4 Å². The zero-order chi connectivity index (χ0) is 23.6. The van der Waals surface area contributed by atoms with Crippen LogP contribution in [0, 0.1) is 0 Å². The molecule has 166 valence electrons. The van der Waals surface area contributed by atoms with Crippen LogP contribution in [0.5, 0.6) is 11.5 Å². The molecule has 3 aromatic carbocycles. The fraction of sp³-hybridized carbons (Fsp3) is 0.138. The first-order valence-corrected chi connectivity index (χ1v) is 11.0. The van der Waals surface area contributed by atoms with Crippen molar-refractivity contribution in [2.45, 2.75) is 11.8 Å². The van der Waals surface area contributed by atoms with Crippen LogP contribution >= 0.6 is 0 Å². The van der Waals surface area contributed by atoms with Crippen LogP contribution in [0.4, 0.5) is 0 Å². The van der Waals surface area contributed by atoms with Crippen LogP contribution in [0.1, 0.15) is 50.0 Å². The smallest absolute Gasteiger partial charge is 0.191 e. The van der Waals surface area contributed by atoms with Gasteiger partial charge < -0.3 is 9.47 Å². The van der Waals surface area contributed by atoms with Gasteiger partial charge in [-0.1, -0.05) is 48.5 Å². The number of ether oxygens (including phenoxy) is 2. The summed E-state index contributed by atoms with van der Waals surface area (Å²) in [6.07, 6.45) is 2.19. The molecule has 34 heavy (non-hydrogen) atoms. The van der Waals surface area contributed by atoms with E-state index in [0.29, 0.717) is 39.3 Å². The molecule has 0 radical (unpaired) electrons. The van der Waals surface area contributed by atoms with Crippen LogP contribution in [0.3, 0.4) is 0 Å². The van der Waals surface area contributed by atoms with Crippen molar-refractivity contribution in [2.24, 2.45) is 0 Å². The highest BCUT2D eigenvalue weighted by atomic mass is 16.5. The van der Waals surface area contributed by atoms with E-state index < -0.39 is 11.8 Å². The maximum atomic E-state index is 14.0. The minimum atomic E-state index is -0.439. The van der Waals surface area contributed by atoms with Crippen LogP contribution in [-0.2, 0) is 9.59 Å². The Morgan fingerprint density at radius 2 is 1.29 bits per heavy atom. The second-order valence-corrected chi connectivity index (χ2v) is 8.61. The van der Waals surface area contributed by atoms with Gasteiger partial charge in [0, 0.05) is 45.2 Å². The molecule has 0 aliphatic heterocycles. The number of benzene rings is 3. The number of hydrogen-bond acceptors (Lipinski definition) is 5. The Bertz CT molecular complexity index is 1470. The van der Waals surface area contributed by atoms with Crippen molar-refractivity contribution in [3.63, 3.8) is 0 Å². The van der Waals surface area contributed by atoms with Crippen molar-refractivity contribution in [1.82, 2.24) is 0 Å². The van der Waals surface area contributed by atoms with Gasteiger partial charge in [-0.05, 0) is 34.9 Å². The van der Waals surface area contributed by atoms with Crippen molar-refractivity contribution in [3.05, 3.63) is 111 Å². The van der Waals surface area contributed by atoms with E-state index >= 15 is 0 Å². The molecule has 3 aromatic rings. The molecule has 2 atom stereocenters. The predicted molar refractivity (Wildman–Crippen MR) is 127 cm³/mol. The van der Waals surface area contributed by atoms with E-state index in [0.717, 1.165) is 28.5 Å². The fourth-order valence-corrected chi connectivity index (χ4v) is 5.71. The van der Waals surface area contributed by atoms with Crippen LogP contribution < -0.4 is 9.47 Å². The standard InChI is InChI=1S/C29H20O5/c1-33-21-11-12-22(34-2)27-24-18-6-4-3-5-17(18)23(26(21)27)25-20(31)13-19(29(32)28(24)25)16-9-7-15(14-30)8-10-16/h3-14,23-24H,1-2H3/t23-,24-/m0/s1. The first kappa shape index (κ1) is 20.4. The predicted octanol–water partition coefficient (Wildman–Crippen LogP) is 4.64. The lowest BCUT2D eigenvalue weighted by atomic mass is 9.57. The molecule has 0 saturated heterocycles. The Kier molecular flexibility index (Phi) is 4.42. The molecule has 0 spiro atoms. The minimum Gasteiger partial charge on any atom is -0.496 e. The summed E-state index contributed by atoms with van der Waals surface area (Å²) in [6.45, 7) is 0. The Hall–Kier alpha value is -4.25. The van der Waals surface area contributed by atoms with Gasteiger partial charge >= 0.3 is 0 Å². The fourth-order valence-electron chi connectivity index (χ4n) is 5.71. The third-order valence-electron chi connectivity index (χ3n) is 7.10. The van der Waals surface area contributed by atoms with Gasteiger partial charge in [0.15, 0.2) is 11.6 Å². The van der Waals surface area contributed by atoms with Crippen molar-refractivity contribution < 1.29 is 23.9 Å². The molecule has 5 heteroatoms. The Morgan fingerprint density at radius 1 is 0.735 bits per heavy atom. The first-order chi connectivity index (χ1) is 16.6. The number of aldehydes is 1. The second-order valence-electron chi connectivity index (χ2n) is 8.61.